The number of nitrogens with one attached hydrogen (secondary N) is 1. The Morgan fingerprint density at radius 2 is 2.12 bits per heavy atom. The Morgan fingerprint density at radius 1 is 1.28 bits per heavy atom. The molecule has 2 aromatic heterocycles. The third kappa shape index (κ3) is 3.45. The molecule has 0 aliphatic heterocycles. The Labute approximate surface area is 145 Å². The van der Waals surface area contributed by atoms with Gasteiger partial charge in [-0.2, -0.15) is 4.98 Å². The Balaban J connectivity index is 1.29. The van der Waals surface area contributed by atoms with Crippen LogP contribution in [-0.4, -0.2) is 32.1 Å². The van der Waals surface area contributed by atoms with Crippen LogP contribution >= 0.6 is 0 Å². The Bertz CT molecular complexity index is 838. The second-order valence-electron chi connectivity index (χ2n) is 6.40. The van der Waals surface area contributed by atoms with Crippen LogP contribution in [0.25, 0.3) is 11.5 Å². The molecule has 1 N–H and O–H groups in total. The molecule has 1 amide bonds. The molecule has 0 spiro atoms. The van der Waals surface area contributed by atoms with E-state index in [1.807, 2.05) is 41.1 Å². The molecule has 1 aliphatic carbocycles. The quantitative estimate of drug-likeness (QED) is 0.713. The highest BCUT2D eigenvalue weighted by Crippen LogP contribution is 2.47. The maximum Gasteiger partial charge on any atom is 0.257 e. The number of aromatic nitrogens is 4. The molecule has 0 saturated heterocycles. The van der Waals surface area contributed by atoms with Crippen LogP contribution < -0.4 is 5.32 Å². The maximum absolute atomic E-state index is 12.5. The maximum atomic E-state index is 12.5. The van der Waals surface area contributed by atoms with Crippen LogP contribution in [0.15, 0.2) is 53.6 Å². The second kappa shape index (κ2) is 6.51. The van der Waals surface area contributed by atoms with Gasteiger partial charge in [-0.25, -0.2) is 4.98 Å². The van der Waals surface area contributed by atoms with E-state index in [4.69, 9.17) is 4.52 Å². The van der Waals surface area contributed by atoms with Crippen LogP contribution in [-0.2, 0) is 17.8 Å². The zero-order valence-electron chi connectivity index (χ0n) is 13.8. The highest BCUT2D eigenvalue weighted by Gasteiger charge is 2.49. The van der Waals surface area contributed by atoms with E-state index in [1.54, 1.807) is 12.5 Å². The molecule has 7 heteroatoms. The summed E-state index contributed by atoms with van der Waals surface area (Å²) in [7, 11) is 0. The first-order valence-corrected chi connectivity index (χ1v) is 8.37. The molecule has 4 rings (SSSR count). The number of imidazole rings is 1. The lowest BCUT2D eigenvalue weighted by Crippen LogP contribution is -2.35. The molecule has 1 aliphatic rings. The van der Waals surface area contributed by atoms with Crippen LogP contribution in [0, 0.1) is 5.41 Å². The number of carbonyl (C=O) groups excluding carboxylic acids is 1. The summed E-state index contributed by atoms with van der Waals surface area (Å²) < 4.78 is 7.23. The van der Waals surface area contributed by atoms with Crippen molar-refractivity contribution in [3.05, 3.63) is 54.9 Å². The van der Waals surface area contributed by atoms with Crippen LogP contribution in [0.5, 0.6) is 0 Å². The summed E-state index contributed by atoms with van der Waals surface area (Å²) in [5.41, 5.74) is 0.607. The van der Waals surface area contributed by atoms with Gasteiger partial charge in [0, 0.05) is 37.5 Å². The molecule has 1 saturated carbocycles. The lowest BCUT2D eigenvalue weighted by molar-refractivity contribution is -0.126. The van der Waals surface area contributed by atoms with Crippen molar-refractivity contribution in [3.8, 4) is 11.5 Å². The zero-order valence-corrected chi connectivity index (χ0v) is 13.8. The number of hydrogen-bond acceptors (Lipinski definition) is 5. The molecule has 1 fully saturated rings. The first-order chi connectivity index (χ1) is 12.3. The van der Waals surface area contributed by atoms with Crippen LogP contribution in [0.4, 0.5) is 0 Å². The molecular weight excluding hydrogens is 318 g/mol. The van der Waals surface area contributed by atoms with Crippen molar-refractivity contribution in [2.75, 3.05) is 6.54 Å². The highest BCUT2D eigenvalue weighted by molar-refractivity contribution is 5.85. The topological polar surface area (TPSA) is 85.8 Å². The molecule has 0 bridgehead atoms. The van der Waals surface area contributed by atoms with Crippen LogP contribution in [0.2, 0.25) is 0 Å². The van der Waals surface area contributed by atoms with E-state index < -0.39 is 0 Å². The van der Waals surface area contributed by atoms with Gasteiger partial charge in [0.25, 0.3) is 5.89 Å². The van der Waals surface area contributed by atoms with Crippen molar-refractivity contribution in [2.24, 2.45) is 5.41 Å². The minimum absolute atomic E-state index is 0.0907. The summed E-state index contributed by atoms with van der Waals surface area (Å²) in [6.07, 6.45) is 7.74. The van der Waals surface area contributed by atoms with E-state index >= 15 is 0 Å². The standard InChI is InChI=1S/C18H19N5O2/c24-17(18(7-8-18)12-23-11-10-19-13-23)20-9-6-15-21-16(25-22-15)14-4-2-1-3-5-14/h1-5,10-11,13H,6-9,12H2,(H,20,24). The van der Waals surface area contributed by atoms with Crippen molar-refractivity contribution < 1.29 is 9.32 Å². The smallest absolute Gasteiger partial charge is 0.257 e. The normalized spacial score (nSPS) is 15.0. The van der Waals surface area contributed by atoms with Crippen LogP contribution in [0.1, 0.15) is 18.7 Å². The van der Waals surface area contributed by atoms with E-state index in [1.165, 1.54) is 0 Å². The summed E-state index contributed by atoms with van der Waals surface area (Å²) >= 11 is 0. The second-order valence-corrected chi connectivity index (χ2v) is 6.40. The van der Waals surface area contributed by atoms with Crippen molar-refractivity contribution in [2.45, 2.75) is 25.8 Å². The van der Waals surface area contributed by atoms with E-state index in [2.05, 4.69) is 20.4 Å². The molecule has 7 nitrogen and oxygen atoms in total. The number of nitrogens with zero attached hydrogens (tertiary/aromatic N) is 4. The predicted octanol–water partition coefficient (Wildman–Crippen LogP) is 2.07. The Kier molecular flexibility index (Phi) is 4.05. The van der Waals surface area contributed by atoms with Gasteiger partial charge in [-0.05, 0) is 25.0 Å². The van der Waals surface area contributed by atoms with Crippen LogP contribution in [0.3, 0.4) is 0 Å². The molecule has 128 valence electrons. The fourth-order valence-corrected chi connectivity index (χ4v) is 2.87. The monoisotopic (exact) mass is 337 g/mol. The number of amides is 1. The number of carbonyl (C=O) groups is 1. The first-order valence-electron chi connectivity index (χ1n) is 8.37. The van der Waals surface area contributed by atoms with E-state index in [0.717, 1.165) is 18.4 Å². The van der Waals surface area contributed by atoms with Crippen molar-refractivity contribution >= 4 is 5.91 Å². The highest BCUT2D eigenvalue weighted by atomic mass is 16.5. The number of benzene rings is 1. The average molecular weight is 337 g/mol. The number of rotatable bonds is 7. The third-order valence-electron chi connectivity index (χ3n) is 4.50. The Hall–Kier alpha value is -2.96. The molecule has 0 atom stereocenters. The molecule has 0 radical (unpaired) electrons. The summed E-state index contributed by atoms with van der Waals surface area (Å²) in [6, 6.07) is 9.63. The van der Waals surface area contributed by atoms with E-state index in [-0.39, 0.29) is 11.3 Å². The molecule has 25 heavy (non-hydrogen) atoms. The lowest BCUT2D eigenvalue weighted by atomic mass is 10.1. The summed E-state index contributed by atoms with van der Waals surface area (Å²) in [6.45, 7) is 1.18. The SMILES string of the molecule is O=C(NCCc1noc(-c2ccccc2)n1)C1(Cn2ccnc2)CC1. The van der Waals surface area contributed by atoms with Gasteiger partial charge in [0.05, 0.1) is 11.7 Å². The van der Waals surface area contributed by atoms with Crippen molar-refractivity contribution in [1.29, 1.82) is 0 Å². The van der Waals surface area contributed by atoms with Crippen molar-refractivity contribution in [3.63, 3.8) is 0 Å². The van der Waals surface area contributed by atoms with Gasteiger partial charge in [-0.1, -0.05) is 23.4 Å². The third-order valence-corrected chi connectivity index (χ3v) is 4.50. The van der Waals surface area contributed by atoms with Gasteiger partial charge < -0.3 is 14.4 Å². The van der Waals surface area contributed by atoms with Gasteiger partial charge in [0.2, 0.25) is 5.91 Å². The molecule has 3 aromatic rings. The van der Waals surface area contributed by atoms with Gasteiger partial charge in [0.15, 0.2) is 5.82 Å². The predicted molar refractivity (Wildman–Crippen MR) is 90.3 cm³/mol. The van der Waals surface area contributed by atoms with E-state index in [9.17, 15) is 4.79 Å². The van der Waals surface area contributed by atoms with E-state index in [0.29, 0.717) is 31.2 Å². The van der Waals surface area contributed by atoms with Gasteiger partial charge in [0.1, 0.15) is 0 Å². The van der Waals surface area contributed by atoms with Gasteiger partial charge in [-0.15, -0.1) is 0 Å². The molecule has 1 aromatic carbocycles. The minimum atomic E-state index is -0.285. The average Bonchev–Trinajstić information content (AvgIpc) is 3.03. The summed E-state index contributed by atoms with van der Waals surface area (Å²) in [5, 5.41) is 6.98. The molecule has 2 heterocycles. The van der Waals surface area contributed by atoms with Crippen molar-refractivity contribution in [1.82, 2.24) is 25.0 Å². The van der Waals surface area contributed by atoms with Gasteiger partial charge >= 0.3 is 0 Å². The Morgan fingerprint density at radius 3 is 2.84 bits per heavy atom. The number of hydrogen-bond donors (Lipinski definition) is 1. The fraction of sp³-hybridized carbons (Fsp3) is 0.333. The minimum Gasteiger partial charge on any atom is -0.355 e. The summed E-state index contributed by atoms with van der Waals surface area (Å²) in [4.78, 5) is 20.9. The molecule has 0 unspecified atom stereocenters. The van der Waals surface area contributed by atoms with Gasteiger partial charge in [-0.3, -0.25) is 4.79 Å². The fourth-order valence-electron chi connectivity index (χ4n) is 2.87. The zero-order chi connectivity index (χ0) is 17.1. The lowest BCUT2D eigenvalue weighted by Gasteiger charge is -2.15. The first kappa shape index (κ1) is 15.6. The summed E-state index contributed by atoms with van der Waals surface area (Å²) in [5.74, 6) is 1.19. The largest absolute Gasteiger partial charge is 0.355 e. The molecular formula is C18H19N5O2.